The van der Waals surface area contributed by atoms with Gasteiger partial charge in [0.05, 0.1) is 0 Å². The molecule has 1 fully saturated rings. The Morgan fingerprint density at radius 3 is 2.62 bits per heavy atom. The summed E-state index contributed by atoms with van der Waals surface area (Å²) in [5, 5.41) is 5.84. The lowest BCUT2D eigenvalue weighted by molar-refractivity contribution is 0.0794. The molecule has 1 heterocycles. The van der Waals surface area contributed by atoms with Gasteiger partial charge in [0.25, 0.3) is 0 Å². The molecule has 0 radical (unpaired) electrons. The third-order valence-corrected chi connectivity index (χ3v) is 5.73. The first-order valence-corrected chi connectivity index (χ1v) is 9.50. The highest BCUT2D eigenvalue weighted by Gasteiger charge is 2.34. The summed E-state index contributed by atoms with van der Waals surface area (Å²) >= 11 is 1.89. The van der Waals surface area contributed by atoms with Crippen LogP contribution in [0.1, 0.15) is 57.8 Å². The van der Waals surface area contributed by atoms with E-state index in [4.69, 9.17) is 0 Å². The molecule has 120 valence electrons. The van der Waals surface area contributed by atoms with Crippen LogP contribution in [0.5, 0.6) is 0 Å². The fourth-order valence-corrected chi connectivity index (χ4v) is 4.27. The van der Waals surface area contributed by atoms with Crippen molar-refractivity contribution in [1.82, 2.24) is 10.2 Å². The third kappa shape index (κ3) is 5.08. The predicted molar refractivity (Wildman–Crippen MR) is 93.9 cm³/mol. The van der Waals surface area contributed by atoms with Crippen molar-refractivity contribution in [2.75, 3.05) is 19.6 Å². The van der Waals surface area contributed by atoms with E-state index in [0.29, 0.717) is 11.5 Å². The van der Waals surface area contributed by atoms with E-state index < -0.39 is 0 Å². The average Bonchev–Trinajstić information content (AvgIpc) is 2.98. The van der Waals surface area contributed by atoms with Gasteiger partial charge in [-0.1, -0.05) is 32.3 Å². The van der Waals surface area contributed by atoms with Gasteiger partial charge >= 0.3 is 0 Å². The number of thiophene rings is 1. The van der Waals surface area contributed by atoms with Crippen LogP contribution < -0.4 is 5.32 Å². The van der Waals surface area contributed by atoms with Crippen LogP contribution in [0.15, 0.2) is 17.5 Å². The summed E-state index contributed by atoms with van der Waals surface area (Å²) in [4.78, 5) is 4.19. The molecular weight excluding hydrogens is 276 g/mol. The van der Waals surface area contributed by atoms with E-state index in [1.54, 1.807) is 0 Å². The largest absolute Gasteiger partial charge is 0.316 e. The zero-order chi connectivity index (χ0) is 15.1. The molecule has 1 aromatic rings. The average molecular weight is 309 g/mol. The molecule has 2 rings (SSSR count). The highest BCUT2D eigenvalue weighted by molar-refractivity contribution is 7.09. The van der Waals surface area contributed by atoms with E-state index in [1.807, 2.05) is 11.3 Å². The van der Waals surface area contributed by atoms with Gasteiger partial charge < -0.3 is 5.32 Å². The Morgan fingerprint density at radius 2 is 2.05 bits per heavy atom. The van der Waals surface area contributed by atoms with Crippen LogP contribution in [0.2, 0.25) is 0 Å². The van der Waals surface area contributed by atoms with Gasteiger partial charge in [0.1, 0.15) is 0 Å². The van der Waals surface area contributed by atoms with Crippen molar-refractivity contribution in [2.45, 2.75) is 65.5 Å². The smallest absolute Gasteiger partial charge is 0.0330 e. The second kappa shape index (κ2) is 8.30. The molecule has 1 saturated carbocycles. The Hall–Kier alpha value is -0.380. The van der Waals surface area contributed by atoms with Crippen LogP contribution in [-0.4, -0.2) is 30.6 Å². The monoisotopic (exact) mass is 308 g/mol. The molecule has 1 aliphatic carbocycles. The van der Waals surface area contributed by atoms with Crippen molar-refractivity contribution < 1.29 is 0 Å². The van der Waals surface area contributed by atoms with Crippen molar-refractivity contribution in [1.29, 1.82) is 0 Å². The maximum atomic E-state index is 3.64. The molecule has 0 aliphatic heterocycles. The summed E-state index contributed by atoms with van der Waals surface area (Å²) < 4.78 is 0. The molecule has 0 spiro atoms. The molecule has 1 aliphatic rings. The van der Waals surface area contributed by atoms with Crippen LogP contribution in [0.4, 0.5) is 0 Å². The lowest BCUT2D eigenvalue weighted by Crippen LogP contribution is -2.47. The quantitative estimate of drug-likeness (QED) is 0.759. The summed E-state index contributed by atoms with van der Waals surface area (Å²) in [5.74, 6) is 0. The molecule has 0 saturated heterocycles. The van der Waals surface area contributed by atoms with E-state index in [2.05, 4.69) is 48.5 Å². The molecule has 21 heavy (non-hydrogen) atoms. The first kappa shape index (κ1) is 17.0. The summed E-state index contributed by atoms with van der Waals surface area (Å²) in [7, 11) is 0. The normalized spacial score (nSPS) is 18.5. The Kier molecular flexibility index (Phi) is 6.72. The first-order valence-electron chi connectivity index (χ1n) is 8.62. The van der Waals surface area contributed by atoms with Crippen LogP contribution in [0.25, 0.3) is 0 Å². The zero-order valence-corrected chi connectivity index (χ0v) is 14.8. The molecule has 0 amide bonds. The minimum Gasteiger partial charge on any atom is -0.316 e. The number of rotatable bonds is 8. The lowest BCUT2D eigenvalue weighted by Gasteiger charge is -2.42. The van der Waals surface area contributed by atoms with E-state index in [-0.39, 0.29) is 0 Å². The molecule has 0 bridgehead atoms. The van der Waals surface area contributed by atoms with Crippen molar-refractivity contribution in [3.8, 4) is 0 Å². The topological polar surface area (TPSA) is 15.3 Å². The fraction of sp³-hybridized carbons (Fsp3) is 0.778. The van der Waals surface area contributed by atoms with E-state index >= 15 is 0 Å². The Bertz CT molecular complexity index is 380. The fourth-order valence-electron chi connectivity index (χ4n) is 3.54. The van der Waals surface area contributed by atoms with Gasteiger partial charge in [-0.3, -0.25) is 4.90 Å². The minimum absolute atomic E-state index is 0.496. The van der Waals surface area contributed by atoms with Crippen LogP contribution in [-0.2, 0) is 6.54 Å². The second-order valence-electron chi connectivity index (χ2n) is 6.92. The van der Waals surface area contributed by atoms with Crippen molar-refractivity contribution >= 4 is 11.3 Å². The van der Waals surface area contributed by atoms with Gasteiger partial charge in [0, 0.05) is 30.6 Å². The molecule has 0 unspecified atom stereocenters. The Labute approximate surface area is 134 Å². The number of nitrogens with zero attached hydrogens (tertiary/aromatic N) is 1. The van der Waals surface area contributed by atoms with Gasteiger partial charge in [0.2, 0.25) is 0 Å². The van der Waals surface area contributed by atoms with Crippen LogP contribution in [0.3, 0.4) is 0 Å². The van der Waals surface area contributed by atoms with E-state index in [1.165, 1.54) is 50.1 Å². The van der Waals surface area contributed by atoms with Crippen molar-refractivity contribution in [2.24, 2.45) is 5.41 Å². The van der Waals surface area contributed by atoms with E-state index in [9.17, 15) is 0 Å². The number of nitrogens with one attached hydrogen (secondary N) is 1. The van der Waals surface area contributed by atoms with Crippen molar-refractivity contribution in [3.05, 3.63) is 22.4 Å². The minimum atomic E-state index is 0.496. The summed E-state index contributed by atoms with van der Waals surface area (Å²) in [6.07, 6.45) is 7.05. The molecule has 1 aromatic heterocycles. The second-order valence-corrected chi connectivity index (χ2v) is 7.95. The van der Waals surface area contributed by atoms with Crippen molar-refractivity contribution in [3.63, 3.8) is 0 Å². The highest BCUT2D eigenvalue weighted by atomic mass is 32.1. The summed E-state index contributed by atoms with van der Waals surface area (Å²) in [6, 6.07) is 5.07. The van der Waals surface area contributed by atoms with Gasteiger partial charge in [-0.05, 0) is 50.1 Å². The van der Waals surface area contributed by atoms with Gasteiger partial charge in [-0.25, -0.2) is 0 Å². The van der Waals surface area contributed by atoms with Gasteiger partial charge in [0.15, 0.2) is 0 Å². The maximum absolute atomic E-state index is 3.64. The van der Waals surface area contributed by atoms with Crippen LogP contribution in [0, 0.1) is 5.41 Å². The maximum Gasteiger partial charge on any atom is 0.0330 e. The molecular formula is C18H32N2S. The number of hydrogen-bond acceptors (Lipinski definition) is 3. The molecule has 2 nitrogen and oxygen atoms in total. The zero-order valence-electron chi connectivity index (χ0n) is 14.0. The standard InChI is InChI=1S/C18H32N2S/c1-4-19-14-18(10-6-5-7-11-18)15-20(16(2)3)13-17-9-8-12-21-17/h8-9,12,16,19H,4-7,10-11,13-15H2,1-3H3. The van der Waals surface area contributed by atoms with E-state index in [0.717, 1.165) is 13.1 Å². The third-order valence-electron chi connectivity index (χ3n) is 4.87. The Morgan fingerprint density at radius 1 is 1.29 bits per heavy atom. The van der Waals surface area contributed by atoms with Crippen LogP contribution >= 0.6 is 11.3 Å². The SMILES string of the molecule is CCNCC1(CN(Cc2cccs2)C(C)C)CCCCC1. The predicted octanol–water partition coefficient (Wildman–Crippen LogP) is 4.52. The molecule has 0 atom stereocenters. The number of hydrogen-bond donors (Lipinski definition) is 1. The lowest BCUT2D eigenvalue weighted by atomic mass is 9.73. The summed E-state index contributed by atoms with van der Waals surface area (Å²) in [6.45, 7) is 11.6. The highest BCUT2D eigenvalue weighted by Crippen LogP contribution is 2.37. The molecule has 3 heteroatoms. The first-order chi connectivity index (χ1) is 10.2. The summed E-state index contributed by atoms with van der Waals surface area (Å²) in [5.41, 5.74) is 0.496. The van der Waals surface area contributed by atoms with Gasteiger partial charge in [-0.2, -0.15) is 0 Å². The Balaban J connectivity index is 2.03. The molecule has 0 aromatic carbocycles. The van der Waals surface area contributed by atoms with Gasteiger partial charge in [-0.15, -0.1) is 11.3 Å². The molecule has 1 N–H and O–H groups in total.